The summed E-state index contributed by atoms with van der Waals surface area (Å²) in [5.41, 5.74) is 6.63. The minimum absolute atomic E-state index is 0.155. The Morgan fingerprint density at radius 2 is 1.89 bits per heavy atom. The number of hydrogen-bond donors (Lipinski definition) is 2. The van der Waals surface area contributed by atoms with E-state index in [0.717, 1.165) is 0 Å². The highest BCUT2D eigenvalue weighted by atomic mass is 35.5. The van der Waals surface area contributed by atoms with Gasteiger partial charge >= 0.3 is 0 Å². The van der Waals surface area contributed by atoms with E-state index in [2.05, 4.69) is 18.6 Å². The molecule has 0 aliphatic carbocycles. The summed E-state index contributed by atoms with van der Waals surface area (Å²) < 4.78 is 26.9. The van der Waals surface area contributed by atoms with Gasteiger partial charge in [0.2, 0.25) is 10.0 Å². The summed E-state index contributed by atoms with van der Waals surface area (Å²) in [6, 6.07) is 2.92. The molecule has 0 bridgehead atoms. The number of rotatable bonds is 5. The average molecular weight is 305 g/mol. The van der Waals surface area contributed by atoms with E-state index in [4.69, 9.17) is 17.3 Å². The molecular weight excluding hydrogens is 284 g/mol. The Morgan fingerprint density at radius 1 is 1.32 bits per heavy atom. The van der Waals surface area contributed by atoms with Gasteiger partial charge in [0, 0.05) is 6.54 Å². The van der Waals surface area contributed by atoms with Crippen molar-refractivity contribution in [3.8, 4) is 0 Å². The first-order valence-corrected chi connectivity index (χ1v) is 8.06. The van der Waals surface area contributed by atoms with Gasteiger partial charge in [0.1, 0.15) is 0 Å². The fraction of sp³-hybridized carbons (Fsp3) is 0.538. The molecule has 6 heteroatoms. The zero-order valence-corrected chi connectivity index (χ0v) is 13.3. The van der Waals surface area contributed by atoms with Gasteiger partial charge in [0.15, 0.2) is 0 Å². The maximum absolute atomic E-state index is 12.2. The van der Waals surface area contributed by atoms with Crippen LogP contribution in [0.3, 0.4) is 0 Å². The van der Waals surface area contributed by atoms with E-state index in [1.165, 1.54) is 12.1 Å². The lowest BCUT2D eigenvalue weighted by atomic mass is 9.99. The highest BCUT2D eigenvalue weighted by Gasteiger charge is 2.18. The molecule has 0 saturated heterocycles. The van der Waals surface area contributed by atoms with E-state index in [0.29, 0.717) is 23.0 Å². The number of nitrogen functional groups attached to an aromatic ring is 1. The number of anilines is 1. The van der Waals surface area contributed by atoms with Crippen LogP contribution in [-0.4, -0.2) is 15.0 Å². The Labute approximate surface area is 120 Å². The SMILES string of the molecule is Cc1cc(S(=O)(=O)NCC(C)C(C)C)cc(N)c1Cl. The molecule has 19 heavy (non-hydrogen) atoms. The summed E-state index contributed by atoms with van der Waals surface area (Å²) >= 11 is 5.93. The summed E-state index contributed by atoms with van der Waals surface area (Å²) in [5, 5.41) is 0.398. The number of hydrogen-bond acceptors (Lipinski definition) is 3. The van der Waals surface area contributed by atoms with Gasteiger partial charge in [0.05, 0.1) is 15.6 Å². The molecular formula is C13H21ClN2O2S. The van der Waals surface area contributed by atoms with Crippen molar-refractivity contribution in [3.63, 3.8) is 0 Å². The monoisotopic (exact) mass is 304 g/mol. The highest BCUT2D eigenvalue weighted by molar-refractivity contribution is 7.89. The van der Waals surface area contributed by atoms with Crippen LogP contribution >= 0.6 is 11.6 Å². The third-order valence-corrected chi connectivity index (χ3v) is 5.22. The van der Waals surface area contributed by atoms with Crippen LogP contribution in [0.25, 0.3) is 0 Å². The van der Waals surface area contributed by atoms with Crippen molar-refractivity contribution in [2.75, 3.05) is 12.3 Å². The van der Waals surface area contributed by atoms with Crippen molar-refractivity contribution in [2.45, 2.75) is 32.6 Å². The fourth-order valence-corrected chi connectivity index (χ4v) is 2.85. The maximum Gasteiger partial charge on any atom is 0.240 e. The molecule has 1 rings (SSSR count). The highest BCUT2D eigenvalue weighted by Crippen LogP contribution is 2.26. The van der Waals surface area contributed by atoms with Crippen molar-refractivity contribution in [1.29, 1.82) is 0 Å². The Balaban J connectivity index is 2.95. The van der Waals surface area contributed by atoms with E-state index in [-0.39, 0.29) is 16.5 Å². The number of sulfonamides is 1. The summed E-state index contributed by atoms with van der Waals surface area (Å²) in [7, 11) is -3.54. The number of aryl methyl sites for hydroxylation is 1. The molecule has 0 aromatic heterocycles. The van der Waals surface area contributed by atoms with Gasteiger partial charge < -0.3 is 5.73 Å². The topological polar surface area (TPSA) is 72.2 Å². The maximum atomic E-state index is 12.2. The molecule has 3 N–H and O–H groups in total. The zero-order chi connectivity index (χ0) is 14.8. The molecule has 1 aromatic rings. The van der Waals surface area contributed by atoms with Crippen LogP contribution in [-0.2, 0) is 10.0 Å². The Bertz CT molecular complexity index is 533. The Kier molecular flexibility index (Phi) is 5.24. The molecule has 0 heterocycles. The summed E-state index contributed by atoms with van der Waals surface area (Å²) in [5.74, 6) is 0.681. The minimum Gasteiger partial charge on any atom is -0.397 e. The fourth-order valence-electron chi connectivity index (χ4n) is 1.48. The predicted octanol–water partition coefficient (Wildman–Crippen LogP) is 2.80. The molecule has 0 radical (unpaired) electrons. The molecule has 0 aliphatic rings. The Hall–Kier alpha value is -0.780. The minimum atomic E-state index is -3.54. The third kappa shape index (κ3) is 4.09. The van der Waals surface area contributed by atoms with E-state index in [1.807, 2.05) is 6.92 Å². The lowest BCUT2D eigenvalue weighted by molar-refractivity contribution is 0.414. The third-order valence-electron chi connectivity index (χ3n) is 3.30. The average Bonchev–Trinajstić information content (AvgIpc) is 2.32. The molecule has 1 atom stereocenters. The zero-order valence-electron chi connectivity index (χ0n) is 11.7. The van der Waals surface area contributed by atoms with Crippen molar-refractivity contribution in [3.05, 3.63) is 22.7 Å². The summed E-state index contributed by atoms with van der Waals surface area (Å²) in [6.45, 7) is 8.26. The van der Waals surface area contributed by atoms with Gasteiger partial charge in [-0.15, -0.1) is 0 Å². The van der Waals surface area contributed by atoms with Crippen LogP contribution in [0.4, 0.5) is 5.69 Å². The second-order valence-corrected chi connectivity index (χ2v) is 7.36. The van der Waals surface area contributed by atoms with Gasteiger partial charge in [-0.2, -0.15) is 0 Å². The lowest BCUT2D eigenvalue weighted by Crippen LogP contribution is -2.30. The van der Waals surface area contributed by atoms with Gasteiger partial charge in [-0.05, 0) is 36.5 Å². The van der Waals surface area contributed by atoms with E-state index >= 15 is 0 Å². The number of nitrogens with two attached hydrogens (primary N) is 1. The van der Waals surface area contributed by atoms with Crippen LogP contribution in [0.5, 0.6) is 0 Å². The number of benzene rings is 1. The first-order chi connectivity index (χ1) is 8.65. The van der Waals surface area contributed by atoms with E-state index in [1.54, 1.807) is 6.92 Å². The molecule has 1 unspecified atom stereocenters. The molecule has 0 spiro atoms. The largest absolute Gasteiger partial charge is 0.397 e. The molecule has 0 amide bonds. The first kappa shape index (κ1) is 16.3. The summed E-state index contributed by atoms with van der Waals surface area (Å²) in [4.78, 5) is 0.155. The van der Waals surface area contributed by atoms with Crippen LogP contribution in [0, 0.1) is 18.8 Å². The second kappa shape index (κ2) is 6.11. The Morgan fingerprint density at radius 3 is 2.37 bits per heavy atom. The van der Waals surface area contributed by atoms with Gasteiger partial charge in [0.25, 0.3) is 0 Å². The van der Waals surface area contributed by atoms with Crippen molar-refractivity contribution >= 4 is 27.3 Å². The van der Waals surface area contributed by atoms with E-state index in [9.17, 15) is 8.42 Å². The predicted molar refractivity (Wildman–Crippen MR) is 79.8 cm³/mol. The molecule has 1 aromatic carbocycles. The molecule has 0 aliphatic heterocycles. The first-order valence-electron chi connectivity index (χ1n) is 6.20. The second-order valence-electron chi connectivity index (χ2n) is 5.22. The molecule has 0 fully saturated rings. The van der Waals surface area contributed by atoms with Gasteiger partial charge in [-0.1, -0.05) is 32.4 Å². The molecule has 0 saturated carbocycles. The molecule has 4 nitrogen and oxygen atoms in total. The molecule has 108 valence electrons. The van der Waals surface area contributed by atoms with Crippen LogP contribution < -0.4 is 10.5 Å². The standard InChI is InChI=1S/C13H21ClN2O2S/c1-8(2)10(4)7-16-19(17,18)11-5-9(3)13(14)12(15)6-11/h5-6,8,10,16H,7,15H2,1-4H3. The van der Waals surface area contributed by atoms with Crippen molar-refractivity contribution < 1.29 is 8.42 Å². The van der Waals surface area contributed by atoms with Gasteiger partial charge in [-0.3, -0.25) is 0 Å². The smallest absolute Gasteiger partial charge is 0.240 e. The normalized spacial score (nSPS) is 13.8. The van der Waals surface area contributed by atoms with Crippen LogP contribution in [0.2, 0.25) is 5.02 Å². The quantitative estimate of drug-likeness (QED) is 0.822. The van der Waals surface area contributed by atoms with E-state index < -0.39 is 10.0 Å². The van der Waals surface area contributed by atoms with Crippen molar-refractivity contribution in [1.82, 2.24) is 4.72 Å². The lowest BCUT2D eigenvalue weighted by Gasteiger charge is -2.16. The summed E-state index contributed by atoms with van der Waals surface area (Å²) in [6.07, 6.45) is 0. The number of nitrogens with one attached hydrogen (secondary N) is 1. The van der Waals surface area contributed by atoms with Crippen LogP contribution in [0.15, 0.2) is 17.0 Å². The van der Waals surface area contributed by atoms with Crippen LogP contribution in [0.1, 0.15) is 26.3 Å². The number of halogens is 1. The van der Waals surface area contributed by atoms with Crippen molar-refractivity contribution in [2.24, 2.45) is 11.8 Å². The van der Waals surface area contributed by atoms with Gasteiger partial charge in [-0.25, -0.2) is 13.1 Å².